The van der Waals surface area contributed by atoms with E-state index in [1.807, 2.05) is 86.0 Å². The molecule has 7 aromatic rings. The first-order valence-corrected chi connectivity index (χ1v) is 15.4. The van der Waals surface area contributed by atoms with Gasteiger partial charge in [0.1, 0.15) is 17.3 Å². The minimum atomic E-state index is -1.58. The summed E-state index contributed by atoms with van der Waals surface area (Å²) in [6.07, 6.45) is 4.79. The monoisotopic (exact) mass is 609 g/mol. The van der Waals surface area contributed by atoms with E-state index in [1.54, 1.807) is 35.2 Å². The van der Waals surface area contributed by atoms with Crippen LogP contribution >= 0.6 is 0 Å². The molecular formula is C40H39N5O. The molecule has 0 aliphatic rings. The van der Waals surface area contributed by atoms with Gasteiger partial charge in [0, 0.05) is 50.4 Å². The van der Waals surface area contributed by atoms with E-state index in [1.165, 1.54) is 4.57 Å². The fourth-order valence-corrected chi connectivity index (χ4v) is 5.63. The molecule has 0 atom stereocenters. The van der Waals surface area contributed by atoms with Crippen molar-refractivity contribution in [1.29, 1.82) is 0 Å². The van der Waals surface area contributed by atoms with Crippen LogP contribution in [-0.4, -0.2) is 19.1 Å². The van der Waals surface area contributed by atoms with Crippen LogP contribution in [0.3, 0.4) is 0 Å². The normalized spacial score (nSPS) is 13.8. The van der Waals surface area contributed by atoms with Gasteiger partial charge in [-0.05, 0) is 76.9 Å². The molecule has 230 valence electrons. The zero-order valence-corrected chi connectivity index (χ0v) is 27.0. The number of hydrogen-bond acceptors (Lipinski definition) is 3. The van der Waals surface area contributed by atoms with E-state index in [9.17, 15) is 0 Å². The first kappa shape index (κ1) is 25.0. The Labute approximate surface area is 276 Å². The number of benzene rings is 3. The summed E-state index contributed by atoms with van der Waals surface area (Å²) in [6, 6.07) is 29.0. The van der Waals surface area contributed by atoms with E-state index in [2.05, 4.69) is 44.2 Å². The van der Waals surface area contributed by atoms with E-state index in [0.717, 1.165) is 33.1 Å². The number of nitrogens with zero attached hydrogens (tertiary/aromatic N) is 5. The minimum absolute atomic E-state index is 0.00397. The maximum atomic E-state index is 8.88. The standard InChI is InChI=1S/C40H39N5O/c1-39(2,3)26-28-16-18-42-38(22-28)45-35-13-8-7-12-33(35)34-15-14-31(24-36(34)45)46-32-17-19-41-37(25-32)44-21-20-43(27-44)30-11-9-10-29(23-30)40(4,5)6/h7-25H,26H2,1-6H3/i20D,21D,26D2. The number of fused-ring (bicyclic) bond motifs is 3. The van der Waals surface area contributed by atoms with Crippen LogP contribution in [0.5, 0.6) is 11.5 Å². The first-order chi connectivity index (χ1) is 23.6. The van der Waals surface area contributed by atoms with Gasteiger partial charge in [-0.3, -0.25) is 18.7 Å². The molecule has 0 saturated carbocycles. The fraction of sp³-hybridized carbons (Fsp3) is 0.225. The number of para-hydroxylation sites is 1. The Morgan fingerprint density at radius 2 is 1.54 bits per heavy atom. The van der Waals surface area contributed by atoms with Crippen molar-refractivity contribution in [3.05, 3.63) is 133 Å². The van der Waals surface area contributed by atoms with Crippen molar-refractivity contribution in [2.45, 2.75) is 53.3 Å². The van der Waals surface area contributed by atoms with Crippen molar-refractivity contribution < 1.29 is 14.8 Å². The molecule has 0 radical (unpaired) electrons. The first-order valence-electron chi connectivity index (χ1n) is 17.4. The van der Waals surface area contributed by atoms with Gasteiger partial charge in [0.2, 0.25) is 0 Å². The minimum Gasteiger partial charge on any atom is -0.458 e. The molecule has 0 aliphatic carbocycles. The average Bonchev–Trinajstić information content (AvgIpc) is 3.57. The van der Waals surface area contributed by atoms with Crippen molar-refractivity contribution in [3.63, 3.8) is 0 Å². The van der Waals surface area contributed by atoms with E-state index in [-0.39, 0.29) is 17.8 Å². The van der Waals surface area contributed by atoms with E-state index in [4.69, 9.17) is 15.2 Å². The van der Waals surface area contributed by atoms with E-state index < -0.39 is 11.8 Å². The molecule has 46 heavy (non-hydrogen) atoms. The molecule has 0 spiro atoms. The average molecular weight is 610 g/mol. The van der Waals surface area contributed by atoms with Gasteiger partial charge >= 0.3 is 0 Å². The van der Waals surface area contributed by atoms with Crippen LogP contribution in [0.25, 0.3) is 39.1 Å². The maximum Gasteiger partial charge on any atom is 0.270 e. The van der Waals surface area contributed by atoms with E-state index >= 15 is 0 Å². The molecule has 0 amide bonds. The van der Waals surface area contributed by atoms with Crippen LogP contribution in [-0.2, 0) is 11.8 Å². The van der Waals surface area contributed by atoms with Gasteiger partial charge in [-0.25, -0.2) is 4.98 Å². The second kappa shape index (κ2) is 11.3. The third-order valence-electron chi connectivity index (χ3n) is 7.76. The Balaban J connectivity index is 1.27. The van der Waals surface area contributed by atoms with Gasteiger partial charge in [0.15, 0.2) is 5.82 Å². The number of ether oxygens (including phenoxy) is 1. The molecule has 0 saturated heterocycles. The second-order valence-corrected chi connectivity index (χ2v) is 13.6. The molecule has 0 unspecified atom stereocenters. The quantitative estimate of drug-likeness (QED) is 0.140. The van der Waals surface area contributed by atoms with Crippen LogP contribution in [0.2, 0.25) is 0 Å². The topological polar surface area (TPSA) is 48.8 Å². The summed E-state index contributed by atoms with van der Waals surface area (Å²) >= 11 is 0. The second-order valence-electron chi connectivity index (χ2n) is 13.6. The van der Waals surface area contributed by atoms with Crippen LogP contribution < -0.4 is 9.30 Å². The zero-order chi connectivity index (χ0) is 35.6. The number of rotatable bonds is 6. The maximum absolute atomic E-state index is 8.88. The number of aromatic nitrogens is 5. The molecule has 6 nitrogen and oxygen atoms in total. The highest BCUT2D eigenvalue weighted by atomic mass is 16.5. The van der Waals surface area contributed by atoms with Crippen molar-refractivity contribution >= 4 is 21.8 Å². The highest BCUT2D eigenvalue weighted by molar-refractivity contribution is 6.09. The SMILES string of the molecule is [2H]c1c([2H])[n+](-c2cccc(C(C)(C)C)c2)[c-]n1-c1cc(Oc2ccc3c4ccccc4n(-c4cc(C([2H])([2H])C(C)(C)C)ccn4)c3c2)ccn1. The summed E-state index contributed by atoms with van der Waals surface area (Å²) in [5.41, 5.74) is 3.56. The largest absolute Gasteiger partial charge is 0.458 e. The number of hydrogen-bond donors (Lipinski definition) is 0. The van der Waals surface area contributed by atoms with Crippen molar-refractivity contribution in [2.75, 3.05) is 0 Å². The lowest BCUT2D eigenvalue weighted by Gasteiger charge is -2.19. The highest BCUT2D eigenvalue weighted by Gasteiger charge is 2.17. The van der Waals surface area contributed by atoms with Gasteiger partial charge < -0.3 is 4.74 Å². The summed E-state index contributed by atoms with van der Waals surface area (Å²) in [7, 11) is 0. The van der Waals surface area contributed by atoms with Crippen molar-refractivity contribution in [1.82, 2.24) is 19.1 Å². The predicted molar refractivity (Wildman–Crippen MR) is 184 cm³/mol. The summed E-state index contributed by atoms with van der Waals surface area (Å²) in [5.74, 6) is 2.10. The van der Waals surface area contributed by atoms with E-state index in [0.29, 0.717) is 28.7 Å². The van der Waals surface area contributed by atoms with Crippen LogP contribution in [0.15, 0.2) is 116 Å². The molecule has 7 rings (SSSR count). The van der Waals surface area contributed by atoms with Crippen molar-refractivity contribution in [2.24, 2.45) is 5.41 Å². The third-order valence-corrected chi connectivity index (χ3v) is 7.76. The number of imidazole rings is 1. The smallest absolute Gasteiger partial charge is 0.270 e. The van der Waals surface area contributed by atoms with Gasteiger partial charge in [-0.2, -0.15) is 0 Å². The summed E-state index contributed by atoms with van der Waals surface area (Å²) in [5, 5.41) is 2.06. The van der Waals surface area contributed by atoms with Crippen LogP contribution in [0.4, 0.5) is 0 Å². The Morgan fingerprint density at radius 3 is 2.37 bits per heavy atom. The van der Waals surface area contributed by atoms with Gasteiger partial charge in [-0.15, -0.1) is 0 Å². The molecule has 4 aromatic heterocycles. The Bertz CT molecular complexity index is 2400. The molecule has 0 bridgehead atoms. The lowest BCUT2D eigenvalue weighted by molar-refractivity contribution is -0.599. The summed E-state index contributed by atoms with van der Waals surface area (Å²) in [4.78, 5) is 9.18. The van der Waals surface area contributed by atoms with Crippen LogP contribution in [0.1, 0.15) is 58.2 Å². The molecule has 0 N–H and O–H groups in total. The van der Waals surface area contributed by atoms with Crippen molar-refractivity contribution in [3.8, 4) is 28.8 Å². The Hall–Kier alpha value is -5.23. The van der Waals surface area contributed by atoms with Gasteiger partial charge in [-0.1, -0.05) is 71.9 Å². The molecule has 0 fully saturated rings. The molecule has 4 heterocycles. The zero-order valence-electron chi connectivity index (χ0n) is 31.0. The summed E-state index contributed by atoms with van der Waals surface area (Å²) < 4.78 is 46.6. The molecule has 3 aromatic carbocycles. The number of pyridine rings is 2. The van der Waals surface area contributed by atoms with Gasteiger partial charge in [0.25, 0.3) is 6.33 Å². The van der Waals surface area contributed by atoms with Gasteiger partial charge in [0.05, 0.1) is 19.5 Å². The predicted octanol–water partition coefficient (Wildman–Crippen LogP) is 9.12. The lowest BCUT2D eigenvalue weighted by atomic mass is 9.87. The Kier molecular flexibility index (Phi) is 6.14. The molecule has 6 heteroatoms. The third kappa shape index (κ3) is 5.91. The molecule has 0 aliphatic heterocycles. The van der Waals surface area contributed by atoms with Crippen LogP contribution in [0, 0.1) is 11.7 Å². The lowest BCUT2D eigenvalue weighted by Crippen LogP contribution is -2.29. The summed E-state index contributed by atoms with van der Waals surface area (Å²) in [6.45, 7) is 12.1. The molecular weight excluding hydrogens is 566 g/mol. The Morgan fingerprint density at radius 1 is 0.783 bits per heavy atom. The fourth-order valence-electron chi connectivity index (χ4n) is 5.63. The highest BCUT2D eigenvalue weighted by Crippen LogP contribution is 2.35.